The van der Waals surface area contributed by atoms with E-state index in [2.05, 4.69) is 4.98 Å². The van der Waals surface area contributed by atoms with E-state index >= 15 is 0 Å². The fraction of sp³-hybridized carbons (Fsp3) is 0.306. The molecule has 4 heterocycles. The Kier molecular flexibility index (Phi) is 8.06. The molecule has 2 aliphatic rings. The summed E-state index contributed by atoms with van der Waals surface area (Å²) in [6.45, 7) is 2.73. The first-order chi connectivity index (χ1) is 22.4. The van der Waals surface area contributed by atoms with Crippen molar-refractivity contribution in [2.75, 3.05) is 13.1 Å². The largest absolute Gasteiger partial charge is 0.459 e. The van der Waals surface area contributed by atoms with Crippen LogP contribution < -0.4 is 5.69 Å². The Balaban J connectivity index is 1.14. The molecule has 0 saturated carbocycles. The van der Waals surface area contributed by atoms with E-state index in [0.29, 0.717) is 32.4 Å². The summed E-state index contributed by atoms with van der Waals surface area (Å²) < 4.78 is 15.9. The van der Waals surface area contributed by atoms with Gasteiger partial charge in [-0.3, -0.25) is 18.7 Å². The van der Waals surface area contributed by atoms with Crippen molar-refractivity contribution in [2.24, 2.45) is 0 Å². The van der Waals surface area contributed by atoms with Crippen LogP contribution in [0.2, 0.25) is 0 Å². The second-order valence-electron chi connectivity index (χ2n) is 12.0. The van der Waals surface area contributed by atoms with Crippen LogP contribution in [0.15, 0.2) is 95.6 Å². The zero-order valence-corrected chi connectivity index (χ0v) is 25.6. The maximum atomic E-state index is 14.0. The predicted molar refractivity (Wildman–Crippen MR) is 173 cm³/mol. The van der Waals surface area contributed by atoms with Crippen LogP contribution in [0.1, 0.15) is 59.6 Å². The molecule has 0 spiro atoms. The first-order valence-electron chi connectivity index (χ1n) is 15.7. The van der Waals surface area contributed by atoms with E-state index in [9.17, 15) is 19.5 Å². The molecule has 10 heteroatoms. The molecule has 1 fully saturated rings. The number of ether oxygens (including phenoxy) is 2. The quantitative estimate of drug-likeness (QED) is 0.257. The van der Waals surface area contributed by atoms with E-state index in [1.54, 1.807) is 9.47 Å². The number of aromatic amines is 1. The standard InChI is InChI=1S/C36H36N4O6/c1-23(42)39-20-29(28-6-2-4-8-31(28)39)26-18-33(46-34(19-26)45-22-25-12-10-24(21-41)11-13-25)35(43)38-16-14-27(15-17-38)40-32-9-5-3-7-30(32)37-36(40)44/h2-13,18,20,26-27,34,41H,14-17,19,21-22H2,1H3,(H,37,44)/t26-,34+/m0/s1. The number of nitrogens with one attached hydrogen (secondary N) is 1. The van der Waals surface area contributed by atoms with E-state index in [0.717, 1.165) is 38.6 Å². The van der Waals surface area contributed by atoms with Gasteiger partial charge in [0.05, 0.1) is 29.8 Å². The van der Waals surface area contributed by atoms with Crippen LogP contribution in [0.4, 0.5) is 0 Å². The van der Waals surface area contributed by atoms with Gasteiger partial charge in [0.1, 0.15) is 0 Å². The molecule has 7 rings (SSSR count). The average molecular weight is 621 g/mol. The number of aliphatic hydroxyl groups excluding tert-OH is 1. The summed E-state index contributed by atoms with van der Waals surface area (Å²) in [4.78, 5) is 44.0. The Hall–Kier alpha value is -4.93. The van der Waals surface area contributed by atoms with Crippen LogP contribution in [-0.4, -0.2) is 55.3 Å². The first kappa shape index (κ1) is 29.8. The molecule has 0 radical (unpaired) electrons. The van der Waals surface area contributed by atoms with Gasteiger partial charge in [-0.1, -0.05) is 54.6 Å². The smallest absolute Gasteiger partial charge is 0.326 e. The molecule has 3 aromatic carbocycles. The highest BCUT2D eigenvalue weighted by Gasteiger charge is 2.34. The minimum absolute atomic E-state index is 0.0206. The molecule has 46 heavy (non-hydrogen) atoms. The number of nitrogens with zero attached hydrogens (tertiary/aromatic N) is 3. The number of likely N-dealkylation sites (tertiary alicyclic amines) is 1. The van der Waals surface area contributed by atoms with Gasteiger partial charge in [0.25, 0.3) is 5.91 Å². The minimum atomic E-state index is -0.701. The van der Waals surface area contributed by atoms with Crippen LogP contribution in [0, 0.1) is 0 Å². The zero-order chi connectivity index (χ0) is 31.8. The maximum Gasteiger partial charge on any atom is 0.326 e. The lowest BCUT2D eigenvalue weighted by atomic mass is 9.92. The number of hydrogen-bond donors (Lipinski definition) is 2. The van der Waals surface area contributed by atoms with E-state index < -0.39 is 6.29 Å². The topological polar surface area (TPSA) is 119 Å². The van der Waals surface area contributed by atoms with Gasteiger partial charge < -0.3 is 24.5 Å². The van der Waals surface area contributed by atoms with Crippen molar-refractivity contribution in [1.82, 2.24) is 19.0 Å². The van der Waals surface area contributed by atoms with Crippen LogP contribution in [-0.2, 0) is 27.5 Å². The molecule has 1 amide bonds. The summed E-state index contributed by atoms with van der Waals surface area (Å²) >= 11 is 0. The van der Waals surface area contributed by atoms with Gasteiger partial charge in [-0.2, -0.15) is 0 Å². The number of rotatable bonds is 7. The van der Waals surface area contributed by atoms with Crippen LogP contribution in [0.3, 0.4) is 0 Å². The van der Waals surface area contributed by atoms with Crippen molar-refractivity contribution >= 4 is 33.8 Å². The monoisotopic (exact) mass is 620 g/mol. The molecular formula is C36H36N4O6. The van der Waals surface area contributed by atoms with Gasteiger partial charge in [0, 0.05) is 50.0 Å². The molecule has 2 aromatic heterocycles. The van der Waals surface area contributed by atoms with E-state index in [1.165, 1.54) is 6.92 Å². The van der Waals surface area contributed by atoms with Gasteiger partial charge in [-0.05, 0) is 53.8 Å². The summed E-state index contributed by atoms with van der Waals surface area (Å²) in [6, 6.07) is 22.9. The van der Waals surface area contributed by atoms with Crippen molar-refractivity contribution < 1.29 is 24.2 Å². The minimum Gasteiger partial charge on any atom is -0.459 e. The lowest BCUT2D eigenvalue weighted by molar-refractivity contribution is -0.156. The number of fused-ring (bicyclic) bond motifs is 2. The zero-order valence-electron chi connectivity index (χ0n) is 25.6. The number of H-pyrrole nitrogens is 1. The summed E-state index contributed by atoms with van der Waals surface area (Å²) in [7, 11) is 0. The van der Waals surface area contributed by atoms with E-state index in [-0.39, 0.29) is 48.4 Å². The van der Waals surface area contributed by atoms with Gasteiger partial charge in [0.2, 0.25) is 12.2 Å². The number of amides is 1. The fourth-order valence-corrected chi connectivity index (χ4v) is 6.74. The van der Waals surface area contributed by atoms with Crippen molar-refractivity contribution in [2.45, 2.75) is 57.6 Å². The second-order valence-corrected chi connectivity index (χ2v) is 12.0. The van der Waals surface area contributed by atoms with Gasteiger partial charge >= 0.3 is 5.69 Å². The number of piperidine rings is 1. The molecule has 0 bridgehead atoms. The third-order valence-electron chi connectivity index (χ3n) is 9.13. The molecule has 0 aliphatic carbocycles. The Morgan fingerprint density at radius 3 is 2.39 bits per heavy atom. The number of hydrogen-bond acceptors (Lipinski definition) is 6. The van der Waals surface area contributed by atoms with Gasteiger partial charge in [-0.25, -0.2) is 4.79 Å². The predicted octanol–water partition coefficient (Wildman–Crippen LogP) is 5.23. The molecule has 5 aromatic rings. The number of carbonyl (C=O) groups is 2. The molecule has 236 valence electrons. The number of aromatic nitrogens is 3. The summed E-state index contributed by atoms with van der Waals surface area (Å²) in [5, 5.41) is 10.3. The number of aliphatic hydroxyl groups is 1. The van der Waals surface area contributed by atoms with Crippen molar-refractivity contribution in [3.05, 3.63) is 118 Å². The molecule has 2 atom stereocenters. The van der Waals surface area contributed by atoms with E-state index in [1.807, 2.05) is 89.6 Å². The van der Waals surface area contributed by atoms with Gasteiger partial charge in [-0.15, -0.1) is 0 Å². The van der Waals surface area contributed by atoms with Crippen molar-refractivity contribution in [1.29, 1.82) is 0 Å². The third-order valence-corrected chi connectivity index (χ3v) is 9.13. The lowest BCUT2D eigenvalue weighted by Gasteiger charge is -2.35. The Morgan fingerprint density at radius 1 is 0.957 bits per heavy atom. The van der Waals surface area contributed by atoms with E-state index in [4.69, 9.17) is 9.47 Å². The summed E-state index contributed by atoms with van der Waals surface area (Å²) in [5.74, 6) is -0.321. The number of allylic oxidation sites excluding steroid dienone is 1. The first-order valence-corrected chi connectivity index (χ1v) is 15.7. The lowest BCUT2D eigenvalue weighted by Crippen LogP contribution is -2.42. The second kappa shape index (κ2) is 12.5. The Bertz CT molecular complexity index is 1990. The molecular weight excluding hydrogens is 584 g/mol. The summed E-state index contributed by atoms with van der Waals surface area (Å²) in [6.07, 6.45) is 4.76. The van der Waals surface area contributed by atoms with Gasteiger partial charge in [0.15, 0.2) is 5.76 Å². The average Bonchev–Trinajstić information content (AvgIpc) is 3.65. The summed E-state index contributed by atoms with van der Waals surface area (Å²) in [5.41, 5.74) is 5.01. The molecule has 10 nitrogen and oxygen atoms in total. The molecule has 2 N–H and O–H groups in total. The highest BCUT2D eigenvalue weighted by atomic mass is 16.7. The van der Waals surface area contributed by atoms with Crippen molar-refractivity contribution in [3.8, 4) is 0 Å². The number of carbonyl (C=O) groups excluding carboxylic acids is 2. The highest BCUT2D eigenvalue weighted by Crippen LogP contribution is 2.37. The number of para-hydroxylation sites is 3. The molecule has 2 aliphatic heterocycles. The molecule has 0 unspecified atom stereocenters. The maximum absolute atomic E-state index is 14.0. The van der Waals surface area contributed by atoms with Crippen LogP contribution in [0.25, 0.3) is 21.9 Å². The van der Waals surface area contributed by atoms with Crippen LogP contribution >= 0.6 is 0 Å². The number of benzene rings is 3. The Morgan fingerprint density at radius 2 is 1.65 bits per heavy atom. The van der Waals surface area contributed by atoms with Crippen LogP contribution in [0.5, 0.6) is 0 Å². The molecule has 1 saturated heterocycles. The highest BCUT2D eigenvalue weighted by molar-refractivity contribution is 5.95. The van der Waals surface area contributed by atoms with Crippen molar-refractivity contribution in [3.63, 3.8) is 0 Å². The Labute approximate surface area is 265 Å². The number of imidazole rings is 1. The third kappa shape index (κ3) is 5.65. The SMILES string of the molecule is CC(=O)n1cc([C@H]2C=C(C(=O)N3CCC(n4c(=O)[nH]c5ccccc54)CC3)O[C@@H](OCc3ccc(CO)cc3)C2)c2ccccc21. The normalized spacial score (nSPS) is 18.9. The fourth-order valence-electron chi connectivity index (χ4n) is 6.74.